The zero-order valence-corrected chi connectivity index (χ0v) is 14.4. The molecule has 1 unspecified atom stereocenters. The van der Waals surface area contributed by atoms with Crippen molar-refractivity contribution in [3.63, 3.8) is 0 Å². The first-order chi connectivity index (χ1) is 11.2. The van der Waals surface area contributed by atoms with Crippen LogP contribution in [-0.2, 0) is 10.8 Å². The van der Waals surface area contributed by atoms with Crippen molar-refractivity contribution in [2.75, 3.05) is 0 Å². The van der Waals surface area contributed by atoms with Gasteiger partial charge in [0.1, 0.15) is 6.10 Å². The van der Waals surface area contributed by atoms with E-state index in [9.17, 15) is 15.6 Å². The predicted molar refractivity (Wildman–Crippen MR) is 92.0 cm³/mol. The van der Waals surface area contributed by atoms with E-state index in [1.54, 1.807) is 24.5 Å². The van der Waals surface area contributed by atoms with Gasteiger partial charge in [0.15, 0.2) is 0 Å². The number of hydrogen-bond donors (Lipinski definition) is 1. The summed E-state index contributed by atoms with van der Waals surface area (Å²) in [5, 5.41) is 29.6. The lowest BCUT2D eigenvalue weighted by Crippen LogP contribution is -2.20. The summed E-state index contributed by atoms with van der Waals surface area (Å²) in [6.45, 7) is 7.30. The van der Waals surface area contributed by atoms with E-state index in [0.717, 1.165) is 11.1 Å². The number of nitriles is 2. The maximum atomic E-state index is 10.7. The topological polar surface area (TPSA) is 80.7 Å². The maximum absolute atomic E-state index is 10.7. The van der Waals surface area contributed by atoms with Gasteiger partial charge in [0, 0.05) is 18.0 Å². The number of benzene rings is 1. The van der Waals surface area contributed by atoms with Crippen molar-refractivity contribution in [3.05, 3.63) is 65.0 Å². The highest BCUT2D eigenvalue weighted by atomic mass is 16.3. The largest absolute Gasteiger partial charge is 0.384 e. The molecule has 2 rings (SSSR count). The molecule has 0 fully saturated rings. The zero-order valence-electron chi connectivity index (χ0n) is 14.4. The van der Waals surface area contributed by atoms with Crippen molar-refractivity contribution in [1.82, 2.24) is 4.98 Å². The molecule has 1 heterocycles. The summed E-state index contributed by atoms with van der Waals surface area (Å²) in [6, 6.07) is 13.7. The summed E-state index contributed by atoms with van der Waals surface area (Å²) in [6.07, 6.45) is 2.40. The molecule has 0 aliphatic rings. The quantitative estimate of drug-likeness (QED) is 0.930. The SMILES string of the molecule is CC(C)(C#N)c1cc(C(O)c2cccnc2)cc(C(C)(C)C#N)c1. The van der Waals surface area contributed by atoms with Crippen LogP contribution in [0.4, 0.5) is 0 Å². The number of hydrogen-bond acceptors (Lipinski definition) is 4. The number of nitrogens with zero attached hydrogens (tertiary/aromatic N) is 3. The first-order valence-electron chi connectivity index (χ1n) is 7.78. The molecule has 1 N–H and O–H groups in total. The van der Waals surface area contributed by atoms with Crippen molar-refractivity contribution in [3.8, 4) is 12.1 Å². The molecule has 1 aromatic carbocycles. The van der Waals surface area contributed by atoms with Crippen molar-refractivity contribution in [1.29, 1.82) is 10.5 Å². The minimum absolute atomic E-state index is 0.655. The minimum Gasteiger partial charge on any atom is -0.384 e. The van der Waals surface area contributed by atoms with Crippen LogP contribution in [0.15, 0.2) is 42.7 Å². The second-order valence-electron chi connectivity index (χ2n) is 7.01. The van der Waals surface area contributed by atoms with Crippen LogP contribution in [0.5, 0.6) is 0 Å². The summed E-state index contributed by atoms with van der Waals surface area (Å²) in [5.41, 5.74) is 1.45. The van der Waals surface area contributed by atoms with Gasteiger partial charge in [0.2, 0.25) is 0 Å². The molecular weight excluding hydrogens is 298 g/mol. The van der Waals surface area contributed by atoms with Crippen molar-refractivity contribution < 1.29 is 5.11 Å². The molecule has 0 aliphatic heterocycles. The van der Waals surface area contributed by atoms with E-state index in [0.29, 0.717) is 11.1 Å². The number of aliphatic hydroxyl groups is 1. The molecule has 0 bridgehead atoms. The molecule has 0 aliphatic carbocycles. The van der Waals surface area contributed by atoms with Gasteiger partial charge in [-0.1, -0.05) is 24.3 Å². The molecule has 1 atom stereocenters. The molecule has 4 heteroatoms. The number of aliphatic hydroxyl groups excluding tert-OH is 1. The summed E-state index contributed by atoms with van der Waals surface area (Å²) >= 11 is 0. The van der Waals surface area contributed by atoms with Crippen LogP contribution in [0.3, 0.4) is 0 Å². The molecule has 122 valence electrons. The smallest absolute Gasteiger partial charge is 0.106 e. The van der Waals surface area contributed by atoms with Gasteiger partial charge in [0.05, 0.1) is 23.0 Å². The molecule has 1 aromatic heterocycles. The van der Waals surface area contributed by atoms with Crippen LogP contribution in [0.1, 0.15) is 56.1 Å². The third kappa shape index (κ3) is 3.45. The maximum Gasteiger partial charge on any atom is 0.106 e. The third-order valence-electron chi connectivity index (χ3n) is 4.27. The molecular formula is C20H21N3O. The van der Waals surface area contributed by atoms with Gasteiger partial charge in [-0.25, -0.2) is 0 Å². The highest BCUT2D eigenvalue weighted by molar-refractivity contribution is 5.44. The second-order valence-corrected chi connectivity index (χ2v) is 7.01. The van der Waals surface area contributed by atoms with E-state index in [1.165, 1.54) is 0 Å². The lowest BCUT2D eigenvalue weighted by atomic mass is 9.78. The van der Waals surface area contributed by atoms with Gasteiger partial charge in [-0.3, -0.25) is 4.98 Å². The Labute approximate surface area is 143 Å². The molecule has 24 heavy (non-hydrogen) atoms. The fourth-order valence-corrected chi connectivity index (χ4v) is 2.39. The highest BCUT2D eigenvalue weighted by Gasteiger charge is 2.27. The van der Waals surface area contributed by atoms with Gasteiger partial charge < -0.3 is 5.11 Å². The fourth-order valence-electron chi connectivity index (χ4n) is 2.39. The average molecular weight is 319 g/mol. The van der Waals surface area contributed by atoms with Gasteiger partial charge >= 0.3 is 0 Å². The van der Waals surface area contributed by atoms with Crippen LogP contribution in [0.2, 0.25) is 0 Å². The van der Waals surface area contributed by atoms with E-state index in [-0.39, 0.29) is 0 Å². The van der Waals surface area contributed by atoms with E-state index in [4.69, 9.17) is 0 Å². The highest BCUT2D eigenvalue weighted by Crippen LogP contribution is 2.33. The Kier molecular flexibility index (Phi) is 4.73. The Bertz CT molecular complexity index is 767. The first-order valence-corrected chi connectivity index (χ1v) is 7.78. The Balaban J connectivity index is 2.64. The molecule has 4 nitrogen and oxygen atoms in total. The van der Waals surface area contributed by atoms with Crippen LogP contribution < -0.4 is 0 Å². The van der Waals surface area contributed by atoms with E-state index in [2.05, 4.69) is 17.1 Å². The van der Waals surface area contributed by atoms with Crippen molar-refractivity contribution in [2.45, 2.75) is 44.6 Å². The summed E-state index contributed by atoms with van der Waals surface area (Å²) in [5.74, 6) is 0. The van der Waals surface area contributed by atoms with Gasteiger partial charge in [0.25, 0.3) is 0 Å². The lowest BCUT2D eigenvalue weighted by molar-refractivity contribution is 0.219. The first kappa shape index (κ1) is 17.7. The molecule has 0 amide bonds. The fraction of sp³-hybridized carbons (Fsp3) is 0.350. The second kappa shape index (κ2) is 6.43. The number of aromatic nitrogens is 1. The molecule has 0 radical (unpaired) electrons. The monoisotopic (exact) mass is 319 g/mol. The lowest BCUT2D eigenvalue weighted by Gasteiger charge is -2.24. The Morgan fingerprint density at radius 3 is 1.92 bits per heavy atom. The van der Waals surface area contributed by atoms with E-state index in [1.807, 2.05) is 45.9 Å². The summed E-state index contributed by atoms with van der Waals surface area (Å²) < 4.78 is 0. The summed E-state index contributed by atoms with van der Waals surface area (Å²) in [7, 11) is 0. The molecule has 2 aromatic rings. The van der Waals surface area contributed by atoms with Crippen LogP contribution in [-0.4, -0.2) is 10.1 Å². The number of pyridine rings is 1. The van der Waals surface area contributed by atoms with Crippen LogP contribution in [0, 0.1) is 22.7 Å². The van der Waals surface area contributed by atoms with Crippen molar-refractivity contribution in [2.24, 2.45) is 0 Å². The normalized spacial score (nSPS) is 13.0. The van der Waals surface area contributed by atoms with E-state index < -0.39 is 16.9 Å². The average Bonchev–Trinajstić information content (AvgIpc) is 2.61. The van der Waals surface area contributed by atoms with Crippen LogP contribution >= 0.6 is 0 Å². The van der Waals surface area contributed by atoms with Crippen LogP contribution in [0.25, 0.3) is 0 Å². The third-order valence-corrected chi connectivity index (χ3v) is 4.27. The Hall–Kier alpha value is -2.69. The standard InChI is InChI=1S/C20H21N3O/c1-19(2,12-21)16-8-15(9-17(10-16)20(3,4)13-22)18(24)14-6-5-7-23-11-14/h5-11,18,24H,1-4H3. The Morgan fingerprint density at radius 1 is 0.958 bits per heavy atom. The molecule has 0 saturated heterocycles. The molecule has 0 saturated carbocycles. The minimum atomic E-state index is -0.860. The number of rotatable bonds is 4. The predicted octanol–water partition coefficient (Wildman–Crippen LogP) is 3.77. The van der Waals surface area contributed by atoms with Gasteiger partial charge in [-0.05, 0) is 50.5 Å². The molecule has 0 spiro atoms. The van der Waals surface area contributed by atoms with Crippen molar-refractivity contribution >= 4 is 0 Å². The van der Waals surface area contributed by atoms with E-state index >= 15 is 0 Å². The zero-order chi connectivity index (χ0) is 18.0. The Morgan fingerprint density at radius 2 is 1.50 bits per heavy atom. The summed E-state index contributed by atoms with van der Waals surface area (Å²) in [4.78, 5) is 4.04. The van der Waals surface area contributed by atoms with Gasteiger partial charge in [-0.2, -0.15) is 10.5 Å². The van der Waals surface area contributed by atoms with Gasteiger partial charge in [-0.15, -0.1) is 0 Å².